The van der Waals surface area contributed by atoms with E-state index in [1.165, 1.54) is 4.90 Å². The van der Waals surface area contributed by atoms with Crippen LogP contribution in [0, 0.1) is 0 Å². The number of likely N-dealkylation sites (tertiary alicyclic amines) is 1. The number of amides is 2. The Morgan fingerprint density at radius 3 is 2.67 bits per heavy atom. The molecule has 21 heavy (non-hydrogen) atoms. The lowest BCUT2D eigenvalue weighted by Gasteiger charge is -2.36. The van der Waals surface area contributed by atoms with Crippen LogP contribution in [0.25, 0.3) is 0 Å². The van der Waals surface area contributed by atoms with E-state index in [-0.39, 0.29) is 6.03 Å². The van der Waals surface area contributed by atoms with E-state index in [9.17, 15) is 14.7 Å². The molecule has 6 nitrogen and oxygen atoms in total. The van der Waals surface area contributed by atoms with Crippen molar-refractivity contribution in [2.45, 2.75) is 38.3 Å². The Balaban J connectivity index is 2.13. The fraction of sp³-hybridized carbons (Fsp3) is 0.533. The highest BCUT2D eigenvalue weighted by atomic mass is 16.4. The van der Waals surface area contributed by atoms with E-state index in [1.807, 2.05) is 19.1 Å². The summed E-state index contributed by atoms with van der Waals surface area (Å²) in [5.41, 5.74) is -0.0821. The number of carbonyl (C=O) groups is 2. The van der Waals surface area contributed by atoms with E-state index >= 15 is 0 Å². The summed E-state index contributed by atoms with van der Waals surface area (Å²) < 4.78 is 0. The molecule has 2 heterocycles. The van der Waals surface area contributed by atoms with Crippen LogP contribution >= 0.6 is 0 Å². The van der Waals surface area contributed by atoms with Crippen LogP contribution in [-0.2, 0) is 11.3 Å². The quantitative estimate of drug-likeness (QED) is 0.920. The first-order chi connectivity index (χ1) is 10.0. The minimum atomic E-state index is -1.05. The van der Waals surface area contributed by atoms with Gasteiger partial charge in [-0.05, 0) is 37.0 Å². The summed E-state index contributed by atoms with van der Waals surface area (Å²) in [6.45, 7) is 2.76. The number of pyridine rings is 1. The minimum absolute atomic E-state index is 0.228. The maximum atomic E-state index is 12.6. The Bertz CT molecular complexity index is 520. The largest absolute Gasteiger partial charge is 0.479 e. The molecule has 2 rings (SSSR count). The van der Waals surface area contributed by atoms with Crippen molar-refractivity contribution in [1.82, 2.24) is 14.8 Å². The summed E-state index contributed by atoms with van der Waals surface area (Å²) >= 11 is 0. The first kappa shape index (κ1) is 15.3. The molecule has 0 spiro atoms. The normalized spacial score (nSPS) is 21.3. The molecule has 1 saturated heterocycles. The third-order valence-corrected chi connectivity index (χ3v) is 4.20. The SMILES string of the molecule is CCC1(C(=O)O)CCCN1C(=O)N(C)Cc1ccncc1. The Kier molecular flexibility index (Phi) is 4.45. The van der Waals surface area contributed by atoms with E-state index in [2.05, 4.69) is 4.98 Å². The molecule has 1 atom stereocenters. The van der Waals surface area contributed by atoms with E-state index in [4.69, 9.17) is 0 Å². The number of rotatable bonds is 4. The molecule has 0 saturated carbocycles. The molecule has 0 aliphatic carbocycles. The highest BCUT2D eigenvalue weighted by Gasteiger charge is 2.49. The highest BCUT2D eigenvalue weighted by molar-refractivity contribution is 5.87. The van der Waals surface area contributed by atoms with Gasteiger partial charge in [0.2, 0.25) is 0 Å². The van der Waals surface area contributed by atoms with Gasteiger partial charge in [0.25, 0.3) is 0 Å². The average molecular weight is 291 g/mol. The fourth-order valence-electron chi connectivity index (χ4n) is 2.93. The van der Waals surface area contributed by atoms with Crippen molar-refractivity contribution >= 4 is 12.0 Å². The number of nitrogens with zero attached hydrogens (tertiary/aromatic N) is 3. The van der Waals surface area contributed by atoms with Crippen LogP contribution in [0.2, 0.25) is 0 Å². The van der Waals surface area contributed by atoms with Crippen molar-refractivity contribution in [1.29, 1.82) is 0 Å². The zero-order chi connectivity index (χ0) is 15.5. The number of aromatic nitrogens is 1. The Hall–Kier alpha value is -2.11. The van der Waals surface area contributed by atoms with Gasteiger partial charge in [0.15, 0.2) is 0 Å². The second-order valence-electron chi connectivity index (χ2n) is 5.44. The molecule has 1 aromatic heterocycles. The van der Waals surface area contributed by atoms with Crippen LogP contribution in [0.1, 0.15) is 31.7 Å². The topological polar surface area (TPSA) is 73.7 Å². The first-order valence-corrected chi connectivity index (χ1v) is 7.16. The van der Waals surface area contributed by atoms with Gasteiger partial charge in [-0.3, -0.25) is 4.98 Å². The van der Waals surface area contributed by atoms with Crippen LogP contribution in [0.4, 0.5) is 4.79 Å². The third-order valence-electron chi connectivity index (χ3n) is 4.20. The molecule has 1 aliphatic heterocycles. The second-order valence-corrected chi connectivity index (χ2v) is 5.44. The molecule has 1 aliphatic rings. The summed E-state index contributed by atoms with van der Waals surface area (Å²) in [4.78, 5) is 31.2. The fourth-order valence-corrected chi connectivity index (χ4v) is 2.93. The maximum absolute atomic E-state index is 12.6. The van der Waals surface area contributed by atoms with Crippen molar-refractivity contribution < 1.29 is 14.7 Å². The third kappa shape index (κ3) is 2.84. The van der Waals surface area contributed by atoms with Crippen LogP contribution in [0.5, 0.6) is 0 Å². The Morgan fingerprint density at radius 2 is 2.10 bits per heavy atom. The van der Waals surface area contributed by atoms with Gasteiger partial charge in [-0.25, -0.2) is 9.59 Å². The minimum Gasteiger partial charge on any atom is -0.479 e. The van der Waals surface area contributed by atoms with Crippen LogP contribution in [-0.4, -0.2) is 51.0 Å². The Labute approximate surface area is 124 Å². The second kappa shape index (κ2) is 6.11. The molecular formula is C15H21N3O3. The number of aliphatic carboxylic acids is 1. The van der Waals surface area contributed by atoms with Gasteiger partial charge < -0.3 is 14.9 Å². The molecule has 0 bridgehead atoms. The lowest BCUT2D eigenvalue weighted by Crippen LogP contribution is -2.55. The van der Waals surface area contributed by atoms with E-state index < -0.39 is 11.5 Å². The van der Waals surface area contributed by atoms with Crippen LogP contribution < -0.4 is 0 Å². The van der Waals surface area contributed by atoms with Gasteiger partial charge in [0, 0.05) is 32.5 Å². The molecule has 1 N–H and O–H groups in total. The molecule has 114 valence electrons. The monoisotopic (exact) mass is 291 g/mol. The zero-order valence-corrected chi connectivity index (χ0v) is 12.5. The molecule has 1 fully saturated rings. The number of carbonyl (C=O) groups excluding carboxylic acids is 1. The van der Waals surface area contributed by atoms with Gasteiger partial charge in [-0.1, -0.05) is 6.92 Å². The van der Waals surface area contributed by atoms with Crippen molar-refractivity contribution in [2.24, 2.45) is 0 Å². The summed E-state index contributed by atoms with van der Waals surface area (Å²) in [5.74, 6) is -0.909. The Morgan fingerprint density at radius 1 is 1.43 bits per heavy atom. The van der Waals surface area contributed by atoms with Crippen molar-refractivity contribution in [3.05, 3.63) is 30.1 Å². The summed E-state index contributed by atoms with van der Waals surface area (Å²) in [6, 6.07) is 3.46. The molecule has 0 aromatic carbocycles. The van der Waals surface area contributed by atoms with E-state index in [1.54, 1.807) is 24.3 Å². The molecule has 6 heteroatoms. The van der Waals surface area contributed by atoms with Gasteiger partial charge in [-0.2, -0.15) is 0 Å². The first-order valence-electron chi connectivity index (χ1n) is 7.16. The molecule has 0 radical (unpaired) electrons. The summed E-state index contributed by atoms with van der Waals surface area (Å²) in [7, 11) is 1.70. The van der Waals surface area contributed by atoms with Crippen LogP contribution in [0.15, 0.2) is 24.5 Å². The average Bonchev–Trinajstić information content (AvgIpc) is 2.92. The summed E-state index contributed by atoms with van der Waals surface area (Å²) in [5, 5.41) is 9.53. The van der Waals surface area contributed by atoms with Crippen molar-refractivity contribution in [3.63, 3.8) is 0 Å². The number of carboxylic acid groups (broad SMARTS) is 1. The number of hydrogen-bond donors (Lipinski definition) is 1. The number of hydrogen-bond acceptors (Lipinski definition) is 3. The number of carboxylic acids is 1. The molecular weight excluding hydrogens is 270 g/mol. The van der Waals surface area contributed by atoms with E-state index in [0.29, 0.717) is 25.9 Å². The number of urea groups is 1. The predicted octanol–water partition coefficient (Wildman–Crippen LogP) is 1.96. The predicted molar refractivity (Wildman–Crippen MR) is 77.7 cm³/mol. The zero-order valence-electron chi connectivity index (χ0n) is 12.5. The lowest BCUT2D eigenvalue weighted by molar-refractivity contribution is -0.148. The smallest absolute Gasteiger partial charge is 0.329 e. The maximum Gasteiger partial charge on any atom is 0.329 e. The molecule has 1 aromatic rings. The molecule has 1 unspecified atom stereocenters. The lowest BCUT2D eigenvalue weighted by atomic mass is 9.93. The summed E-state index contributed by atoms with van der Waals surface area (Å²) in [6.07, 6.45) is 5.04. The van der Waals surface area contributed by atoms with Crippen LogP contribution in [0.3, 0.4) is 0 Å². The van der Waals surface area contributed by atoms with Crippen molar-refractivity contribution in [3.8, 4) is 0 Å². The van der Waals surface area contributed by atoms with Gasteiger partial charge in [0.1, 0.15) is 5.54 Å². The van der Waals surface area contributed by atoms with E-state index in [0.717, 1.165) is 12.0 Å². The molecule has 2 amide bonds. The van der Waals surface area contributed by atoms with Gasteiger partial charge in [0.05, 0.1) is 0 Å². The van der Waals surface area contributed by atoms with Crippen molar-refractivity contribution in [2.75, 3.05) is 13.6 Å². The van der Waals surface area contributed by atoms with Gasteiger partial charge >= 0.3 is 12.0 Å². The standard InChI is InChI=1S/C15H21N3O3/c1-3-15(13(19)20)7-4-10-18(15)14(21)17(2)11-12-5-8-16-9-6-12/h5-6,8-9H,3-4,7,10-11H2,1-2H3,(H,19,20). The van der Waals surface area contributed by atoms with Gasteiger partial charge in [-0.15, -0.1) is 0 Å². The highest BCUT2D eigenvalue weighted by Crippen LogP contribution is 2.33.